The van der Waals surface area contributed by atoms with Gasteiger partial charge in [-0.2, -0.15) is 0 Å². The molecule has 0 spiro atoms. The molecule has 0 fully saturated rings. The summed E-state index contributed by atoms with van der Waals surface area (Å²) in [5, 5.41) is 0. The van der Waals surface area contributed by atoms with Crippen LogP contribution in [0.25, 0.3) is 0 Å². The van der Waals surface area contributed by atoms with Crippen LogP contribution in [0.5, 0.6) is 0 Å². The zero-order valence-electron chi connectivity index (χ0n) is 24.6. The van der Waals surface area contributed by atoms with E-state index in [1.165, 1.54) is 33.6 Å². The maximum absolute atomic E-state index is 4.57. The molecule has 0 bridgehead atoms. The molecule has 0 N–H and O–H groups in total. The highest BCUT2D eigenvalue weighted by Crippen LogP contribution is 2.55. The first-order valence-electron chi connectivity index (χ1n) is 14.9. The summed E-state index contributed by atoms with van der Waals surface area (Å²) >= 11 is 0. The van der Waals surface area contributed by atoms with Gasteiger partial charge in [-0.3, -0.25) is 0 Å². The quantitative estimate of drug-likeness (QED) is 0.251. The largest absolute Gasteiger partial charge is 0.357 e. The molecule has 5 rings (SSSR count). The number of hydrogen-bond acceptors (Lipinski definition) is 1. The summed E-state index contributed by atoms with van der Waals surface area (Å²) in [7, 11) is 0. The van der Waals surface area contributed by atoms with Gasteiger partial charge in [-0.05, 0) is 97.5 Å². The molecule has 3 aliphatic carbocycles. The molecule has 2 aliphatic heterocycles. The fraction of sp³-hybridized carbons (Fsp3) is 0.368. The van der Waals surface area contributed by atoms with Crippen molar-refractivity contribution in [2.24, 2.45) is 17.8 Å². The van der Waals surface area contributed by atoms with Crippen LogP contribution in [0.4, 0.5) is 0 Å². The molecule has 0 aromatic rings. The van der Waals surface area contributed by atoms with Crippen LogP contribution in [0.1, 0.15) is 60.3 Å². The molecule has 0 saturated carbocycles. The van der Waals surface area contributed by atoms with E-state index in [9.17, 15) is 0 Å². The molecule has 202 valence electrons. The van der Waals surface area contributed by atoms with Gasteiger partial charge in [0.15, 0.2) is 0 Å². The van der Waals surface area contributed by atoms with Gasteiger partial charge in [0.1, 0.15) is 0 Å². The van der Waals surface area contributed by atoms with Gasteiger partial charge < -0.3 is 4.90 Å². The van der Waals surface area contributed by atoms with Gasteiger partial charge in [-0.15, -0.1) is 0 Å². The third-order valence-corrected chi connectivity index (χ3v) is 9.35. The van der Waals surface area contributed by atoms with E-state index in [0.29, 0.717) is 17.8 Å². The SMILES string of the molecule is C=C(/C=C\C=C/C)C1=CC=CCC1C1(C=CC)C(C)C2=C(CCC=C2)C2=CC=C(C3=CC(C)CC=C3C)CN21. The normalized spacial score (nSPS) is 30.7. The molecule has 2 heterocycles. The standard InChI is InChI=1S/C38H45N/c1-7-9-10-15-28(4)32-16-13-14-19-36(32)38(24-8-2)30(6)33-17-11-12-18-34(33)37-23-22-31(26-39(37)38)35-25-27(3)20-21-29(35)5/h7-11,13-17,21-25,27,30,36H,4,12,18-20,26H2,1-3,5-6H3/b9-7-,15-10-,24-8?. The van der Waals surface area contributed by atoms with Gasteiger partial charge in [-0.1, -0.05) is 105 Å². The number of hydrogen-bond donors (Lipinski definition) is 0. The molecule has 5 aliphatic rings. The molecular weight excluding hydrogens is 470 g/mol. The summed E-state index contributed by atoms with van der Waals surface area (Å²) in [6.07, 6.45) is 39.2. The van der Waals surface area contributed by atoms with E-state index in [-0.39, 0.29) is 5.54 Å². The van der Waals surface area contributed by atoms with Gasteiger partial charge in [0.25, 0.3) is 0 Å². The van der Waals surface area contributed by atoms with Crippen molar-refractivity contribution in [2.45, 2.75) is 65.8 Å². The smallest absolute Gasteiger partial charge is 0.0725 e. The topological polar surface area (TPSA) is 3.24 Å². The van der Waals surface area contributed by atoms with Crippen LogP contribution >= 0.6 is 0 Å². The van der Waals surface area contributed by atoms with Crippen molar-refractivity contribution in [2.75, 3.05) is 6.54 Å². The van der Waals surface area contributed by atoms with E-state index < -0.39 is 0 Å². The molecule has 39 heavy (non-hydrogen) atoms. The summed E-state index contributed by atoms with van der Waals surface area (Å²) in [5.41, 5.74) is 11.0. The van der Waals surface area contributed by atoms with Crippen molar-refractivity contribution in [3.63, 3.8) is 0 Å². The summed E-state index contributed by atoms with van der Waals surface area (Å²) in [6.45, 7) is 16.8. The Morgan fingerprint density at radius 1 is 1.05 bits per heavy atom. The van der Waals surface area contributed by atoms with E-state index in [4.69, 9.17) is 0 Å². The number of rotatable bonds is 6. The van der Waals surface area contributed by atoms with E-state index in [0.717, 1.165) is 37.8 Å². The summed E-state index contributed by atoms with van der Waals surface area (Å²) in [6, 6.07) is 0. The third-order valence-electron chi connectivity index (χ3n) is 9.35. The minimum atomic E-state index is -0.201. The molecule has 1 heteroatoms. The highest BCUT2D eigenvalue weighted by atomic mass is 15.2. The Hall–Kier alpha value is -3.32. The zero-order valence-corrected chi connectivity index (χ0v) is 24.6. The van der Waals surface area contributed by atoms with Crippen LogP contribution in [-0.2, 0) is 0 Å². The minimum Gasteiger partial charge on any atom is -0.357 e. The Bertz CT molecular complexity index is 1350. The van der Waals surface area contributed by atoms with Gasteiger partial charge >= 0.3 is 0 Å². The van der Waals surface area contributed by atoms with Gasteiger partial charge in [0, 0.05) is 24.1 Å². The van der Waals surface area contributed by atoms with Crippen LogP contribution in [0.15, 0.2) is 142 Å². The van der Waals surface area contributed by atoms with Crippen LogP contribution in [0, 0.1) is 17.8 Å². The Kier molecular flexibility index (Phi) is 7.98. The van der Waals surface area contributed by atoms with Crippen molar-refractivity contribution >= 4 is 0 Å². The molecule has 4 atom stereocenters. The molecule has 0 radical (unpaired) electrons. The van der Waals surface area contributed by atoms with E-state index in [1.807, 2.05) is 0 Å². The predicted molar refractivity (Wildman–Crippen MR) is 169 cm³/mol. The maximum atomic E-state index is 4.57. The summed E-state index contributed by atoms with van der Waals surface area (Å²) in [5.74, 6) is 1.22. The van der Waals surface area contributed by atoms with Crippen molar-refractivity contribution in [3.05, 3.63) is 142 Å². The van der Waals surface area contributed by atoms with E-state index >= 15 is 0 Å². The summed E-state index contributed by atoms with van der Waals surface area (Å²) in [4.78, 5) is 2.79. The van der Waals surface area contributed by atoms with Crippen molar-refractivity contribution < 1.29 is 0 Å². The highest BCUT2D eigenvalue weighted by molar-refractivity contribution is 5.59. The second kappa shape index (κ2) is 11.4. The molecule has 0 amide bonds. The zero-order chi connectivity index (χ0) is 27.6. The van der Waals surface area contributed by atoms with Crippen LogP contribution in [0.3, 0.4) is 0 Å². The molecule has 0 aromatic heterocycles. The Morgan fingerprint density at radius 3 is 2.69 bits per heavy atom. The maximum Gasteiger partial charge on any atom is 0.0725 e. The molecule has 0 saturated heterocycles. The van der Waals surface area contributed by atoms with Crippen LogP contribution in [0.2, 0.25) is 0 Å². The van der Waals surface area contributed by atoms with Gasteiger partial charge in [0.2, 0.25) is 0 Å². The fourth-order valence-electron chi connectivity index (χ4n) is 7.41. The number of fused-ring (bicyclic) bond motifs is 2. The Labute approximate surface area is 237 Å². The first-order chi connectivity index (χ1) is 18.9. The van der Waals surface area contributed by atoms with Crippen LogP contribution < -0.4 is 0 Å². The van der Waals surface area contributed by atoms with E-state index in [1.54, 1.807) is 5.57 Å². The monoisotopic (exact) mass is 515 g/mol. The lowest BCUT2D eigenvalue weighted by Gasteiger charge is -2.59. The highest BCUT2D eigenvalue weighted by Gasteiger charge is 2.53. The number of allylic oxidation sites excluding steroid dienone is 17. The first-order valence-corrected chi connectivity index (χ1v) is 14.9. The average molecular weight is 516 g/mol. The molecule has 0 aromatic carbocycles. The minimum absolute atomic E-state index is 0.201. The summed E-state index contributed by atoms with van der Waals surface area (Å²) < 4.78 is 0. The van der Waals surface area contributed by atoms with Gasteiger partial charge in [0.05, 0.1) is 5.54 Å². The van der Waals surface area contributed by atoms with Crippen LogP contribution in [-0.4, -0.2) is 17.0 Å². The second-order valence-electron chi connectivity index (χ2n) is 11.7. The average Bonchev–Trinajstić information content (AvgIpc) is 2.96. The number of nitrogens with zero attached hydrogens (tertiary/aromatic N) is 1. The lowest BCUT2D eigenvalue weighted by atomic mass is 9.60. The lowest BCUT2D eigenvalue weighted by Crippen LogP contribution is -2.61. The van der Waals surface area contributed by atoms with Crippen molar-refractivity contribution in [1.82, 2.24) is 4.90 Å². The lowest BCUT2D eigenvalue weighted by molar-refractivity contribution is 0.0846. The molecular formula is C38H45N. The van der Waals surface area contributed by atoms with E-state index in [2.05, 4.69) is 137 Å². The van der Waals surface area contributed by atoms with Crippen molar-refractivity contribution in [1.29, 1.82) is 0 Å². The van der Waals surface area contributed by atoms with Gasteiger partial charge in [-0.25, -0.2) is 0 Å². The fourth-order valence-corrected chi connectivity index (χ4v) is 7.41. The Balaban J connectivity index is 1.68. The van der Waals surface area contributed by atoms with Crippen molar-refractivity contribution in [3.8, 4) is 0 Å². The molecule has 4 unspecified atom stereocenters. The third kappa shape index (κ3) is 4.82. The second-order valence-corrected chi connectivity index (χ2v) is 11.7. The first kappa shape index (κ1) is 27.3. The molecule has 1 nitrogen and oxygen atoms in total. The Morgan fingerprint density at radius 2 is 1.90 bits per heavy atom. The predicted octanol–water partition coefficient (Wildman–Crippen LogP) is 9.83.